The minimum Gasteiger partial charge on any atom is -0.462 e. The largest absolute Gasteiger partial charge is 0.462 e. The van der Waals surface area contributed by atoms with Gasteiger partial charge in [0.15, 0.2) is 0 Å². The molecule has 0 radical (unpaired) electrons. The van der Waals surface area contributed by atoms with E-state index in [0.717, 1.165) is 31.0 Å². The third-order valence-corrected chi connectivity index (χ3v) is 6.87. The Bertz CT molecular complexity index is 1570. The van der Waals surface area contributed by atoms with Crippen LogP contribution in [0.1, 0.15) is 58.7 Å². The summed E-state index contributed by atoms with van der Waals surface area (Å²) in [6, 6.07) is 45.8. The quantitative estimate of drug-likeness (QED) is 0.141. The van der Waals surface area contributed by atoms with Crippen LogP contribution in [0.3, 0.4) is 0 Å². The molecule has 0 spiro atoms. The third kappa shape index (κ3) is 11.3. The normalized spacial score (nSPS) is 9.96. The fraction of sp³-hybridized carbons (Fsp3) is 0.200. The molecular weight excluding hydrogens is 572 g/mol. The van der Waals surface area contributed by atoms with Crippen molar-refractivity contribution >= 4 is 23.3 Å². The number of nitrogens with zero attached hydrogens (tertiary/aromatic N) is 1. The van der Waals surface area contributed by atoms with Crippen molar-refractivity contribution in [1.29, 1.82) is 0 Å². The van der Waals surface area contributed by atoms with E-state index >= 15 is 0 Å². The lowest BCUT2D eigenvalue weighted by Gasteiger charge is -2.25. The van der Waals surface area contributed by atoms with E-state index < -0.39 is 0 Å². The van der Waals surface area contributed by atoms with E-state index in [1.54, 1.807) is 25.1 Å². The van der Waals surface area contributed by atoms with Crippen LogP contribution in [0.25, 0.3) is 0 Å². The van der Waals surface area contributed by atoms with Crippen molar-refractivity contribution in [3.8, 4) is 0 Å². The Balaban J connectivity index is 0.000000257. The summed E-state index contributed by atoms with van der Waals surface area (Å²) >= 11 is 0. The van der Waals surface area contributed by atoms with Gasteiger partial charge in [0, 0.05) is 31.0 Å². The predicted molar refractivity (Wildman–Crippen MR) is 188 cm³/mol. The van der Waals surface area contributed by atoms with Gasteiger partial charge >= 0.3 is 11.9 Å². The van der Waals surface area contributed by atoms with E-state index in [-0.39, 0.29) is 19.4 Å². The molecule has 0 saturated carbocycles. The van der Waals surface area contributed by atoms with Crippen LogP contribution in [0, 0.1) is 0 Å². The van der Waals surface area contributed by atoms with Crippen molar-refractivity contribution in [3.63, 3.8) is 0 Å². The first-order chi connectivity index (χ1) is 22.1. The summed E-state index contributed by atoms with van der Waals surface area (Å²) in [5, 5.41) is 3.29. The fourth-order valence-electron chi connectivity index (χ4n) is 4.66. The van der Waals surface area contributed by atoms with E-state index in [1.807, 2.05) is 91.9 Å². The van der Waals surface area contributed by atoms with Crippen molar-refractivity contribution in [1.82, 2.24) is 0 Å². The van der Waals surface area contributed by atoms with Crippen LogP contribution < -0.4 is 10.2 Å². The molecular formula is C40H44N2O4. The monoisotopic (exact) mass is 616 g/mol. The van der Waals surface area contributed by atoms with Crippen molar-refractivity contribution < 1.29 is 19.1 Å². The molecule has 238 valence electrons. The predicted octanol–water partition coefficient (Wildman–Crippen LogP) is 9.18. The molecule has 0 saturated heterocycles. The summed E-state index contributed by atoms with van der Waals surface area (Å²) in [7, 11) is 0. The van der Waals surface area contributed by atoms with Crippen molar-refractivity contribution in [2.24, 2.45) is 0 Å². The molecule has 5 aromatic carbocycles. The Labute approximate surface area is 273 Å². The number of rotatable bonds is 12. The van der Waals surface area contributed by atoms with E-state index in [4.69, 9.17) is 9.47 Å². The van der Waals surface area contributed by atoms with Gasteiger partial charge in [0.1, 0.15) is 0 Å². The van der Waals surface area contributed by atoms with Gasteiger partial charge in [0.25, 0.3) is 0 Å². The fourth-order valence-corrected chi connectivity index (χ4v) is 4.66. The average Bonchev–Trinajstić information content (AvgIpc) is 3.09. The average molecular weight is 617 g/mol. The highest BCUT2D eigenvalue weighted by Crippen LogP contribution is 2.22. The Hall–Kier alpha value is -5.36. The van der Waals surface area contributed by atoms with Crippen LogP contribution in [-0.4, -0.2) is 25.2 Å². The lowest BCUT2D eigenvalue weighted by atomic mass is 10.1. The highest BCUT2D eigenvalue weighted by atomic mass is 16.5. The molecule has 5 rings (SSSR count). The number of ether oxygens (including phenoxy) is 2. The van der Waals surface area contributed by atoms with Crippen LogP contribution in [0.15, 0.2) is 140 Å². The number of anilines is 2. The Kier molecular flexibility index (Phi) is 14.6. The molecule has 0 atom stereocenters. The summed E-state index contributed by atoms with van der Waals surface area (Å²) in [5.41, 5.74) is 6.71. The molecule has 0 aromatic heterocycles. The molecule has 6 heteroatoms. The summed E-state index contributed by atoms with van der Waals surface area (Å²) in [5.74, 6) is -0.570. The molecule has 1 N–H and O–H groups in total. The van der Waals surface area contributed by atoms with E-state index in [1.165, 1.54) is 16.7 Å². The molecule has 0 aliphatic carbocycles. The van der Waals surface area contributed by atoms with Gasteiger partial charge in [0.05, 0.1) is 24.3 Å². The maximum Gasteiger partial charge on any atom is 0.338 e. The number of hydrogen-bond donors (Lipinski definition) is 1. The zero-order valence-electron chi connectivity index (χ0n) is 25.9. The van der Waals surface area contributed by atoms with Crippen molar-refractivity contribution in [2.75, 3.05) is 23.4 Å². The first-order valence-corrected chi connectivity index (χ1v) is 15.2. The van der Waals surface area contributed by atoms with Crippen LogP contribution in [0.5, 0.6) is 0 Å². The Morgan fingerprint density at radius 3 is 1.52 bits per heavy atom. The molecule has 5 aromatic rings. The minimum atomic E-state index is -0.286. The highest BCUT2D eigenvalue weighted by molar-refractivity contribution is 5.91. The lowest BCUT2D eigenvalue weighted by Crippen LogP contribution is -2.22. The first kappa shape index (κ1) is 35.1. The van der Waals surface area contributed by atoms with Gasteiger partial charge in [-0.3, -0.25) is 0 Å². The van der Waals surface area contributed by atoms with Crippen LogP contribution >= 0.6 is 0 Å². The molecule has 0 amide bonds. The summed E-state index contributed by atoms with van der Waals surface area (Å²) in [6.07, 6.45) is 0. The lowest BCUT2D eigenvalue weighted by molar-refractivity contribution is 0.0517. The number of hydrogen-bond acceptors (Lipinski definition) is 6. The third-order valence-electron chi connectivity index (χ3n) is 6.87. The molecule has 0 unspecified atom stereocenters. The smallest absolute Gasteiger partial charge is 0.338 e. The second-order valence-electron chi connectivity index (χ2n) is 10.2. The van der Waals surface area contributed by atoms with Crippen LogP contribution in [0.4, 0.5) is 11.4 Å². The number of benzene rings is 5. The number of esters is 2. The van der Waals surface area contributed by atoms with Gasteiger partial charge < -0.3 is 19.7 Å². The van der Waals surface area contributed by atoms with Gasteiger partial charge in [-0.1, -0.05) is 111 Å². The number of carbonyl (C=O) groups excluding carboxylic acids is 2. The standard InChI is InChI=1S/C23H23NO2.C16H17NO2.CH4/c1-2-26-23(25)21-14-9-15-22(16-21)24(17-19-10-5-3-6-11-19)18-20-12-7-4-8-13-20;1-2-19-16(18)14-9-6-10-15(11-14)17-12-13-7-4-3-5-8-13;/h3-16H,2,17-18H2,1H3;3-11,17H,2,12H2,1H3;1H4. The van der Waals surface area contributed by atoms with Crippen molar-refractivity contribution in [3.05, 3.63) is 167 Å². The second kappa shape index (κ2) is 19.1. The maximum absolute atomic E-state index is 12.1. The number of carbonyl (C=O) groups is 2. The Morgan fingerprint density at radius 2 is 1.02 bits per heavy atom. The molecule has 0 aliphatic rings. The first-order valence-electron chi connectivity index (χ1n) is 15.2. The summed E-state index contributed by atoms with van der Waals surface area (Å²) in [4.78, 5) is 26.0. The van der Waals surface area contributed by atoms with Crippen LogP contribution in [-0.2, 0) is 29.1 Å². The van der Waals surface area contributed by atoms with Gasteiger partial charge in [0.2, 0.25) is 0 Å². The van der Waals surface area contributed by atoms with Crippen molar-refractivity contribution in [2.45, 2.75) is 40.9 Å². The second-order valence-corrected chi connectivity index (χ2v) is 10.2. The van der Waals surface area contributed by atoms with Crippen LogP contribution in [0.2, 0.25) is 0 Å². The van der Waals surface area contributed by atoms with Gasteiger partial charge in [-0.25, -0.2) is 9.59 Å². The molecule has 0 heterocycles. The molecule has 0 fully saturated rings. The summed E-state index contributed by atoms with van der Waals surface area (Å²) < 4.78 is 10.1. The molecule has 0 aliphatic heterocycles. The summed E-state index contributed by atoms with van der Waals surface area (Å²) in [6.45, 7) is 6.65. The molecule has 6 nitrogen and oxygen atoms in total. The van der Waals surface area contributed by atoms with E-state index in [0.29, 0.717) is 24.3 Å². The Morgan fingerprint density at radius 1 is 0.565 bits per heavy atom. The zero-order chi connectivity index (χ0) is 31.7. The zero-order valence-corrected chi connectivity index (χ0v) is 25.9. The SMILES string of the molecule is C.CCOC(=O)c1cccc(N(Cc2ccccc2)Cc2ccccc2)c1.CCOC(=O)c1cccc(NCc2ccccc2)c1. The van der Waals surface area contributed by atoms with Gasteiger partial charge in [-0.15, -0.1) is 0 Å². The highest BCUT2D eigenvalue weighted by Gasteiger charge is 2.13. The maximum atomic E-state index is 12.1. The molecule has 0 bridgehead atoms. The minimum absolute atomic E-state index is 0. The topological polar surface area (TPSA) is 67.9 Å². The molecule has 46 heavy (non-hydrogen) atoms. The van der Waals surface area contributed by atoms with Gasteiger partial charge in [-0.2, -0.15) is 0 Å². The number of nitrogens with one attached hydrogen (secondary N) is 1. The van der Waals surface area contributed by atoms with E-state index in [9.17, 15) is 9.59 Å². The van der Waals surface area contributed by atoms with Gasteiger partial charge in [-0.05, 0) is 66.9 Å². The van der Waals surface area contributed by atoms with E-state index in [2.05, 4.69) is 46.6 Å².